The van der Waals surface area contributed by atoms with Gasteiger partial charge < -0.3 is 19.7 Å². The Labute approximate surface area is 251 Å². The van der Waals surface area contributed by atoms with Crippen LogP contribution in [0.3, 0.4) is 0 Å². The highest BCUT2D eigenvalue weighted by atomic mass is 16.6. The molecule has 7 atom stereocenters. The van der Waals surface area contributed by atoms with Crippen LogP contribution in [0.15, 0.2) is 34.9 Å². The van der Waals surface area contributed by atoms with Crippen LogP contribution in [0.2, 0.25) is 0 Å². The third kappa shape index (κ3) is 5.34. The van der Waals surface area contributed by atoms with Crippen molar-refractivity contribution < 1.29 is 34.1 Å². The average Bonchev–Trinajstić information content (AvgIpc) is 3.34. The third-order valence-corrected chi connectivity index (χ3v) is 11.1. The molecule has 0 heterocycles. The van der Waals surface area contributed by atoms with Gasteiger partial charge in [0.15, 0.2) is 5.78 Å². The first kappa shape index (κ1) is 32.7. The molecule has 0 unspecified atom stereocenters. The van der Waals surface area contributed by atoms with E-state index in [1.54, 1.807) is 32.9 Å². The number of allylic oxidation sites excluding steroid dienone is 1. The lowest BCUT2D eigenvalue weighted by Gasteiger charge is -2.50. The summed E-state index contributed by atoms with van der Waals surface area (Å²) in [5, 5.41) is 24.5. The number of ketones is 1. The fourth-order valence-electron chi connectivity index (χ4n) is 8.46. The van der Waals surface area contributed by atoms with E-state index in [4.69, 9.17) is 9.47 Å². The van der Waals surface area contributed by atoms with E-state index < -0.39 is 45.8 Å². The summed E-state index contributed by atoms with van der Waals surface area (Å²) in [4.78, 5) is 39.0. The maximum atomic E-state index is 13.4. The Kier molecular flexibility index (Phi) is 9.36. The van der Waals surface area contributed by atoms with Gasteiger partial charge in [-0.15, -0.1) is 0 Å². The predicted molar refractivity (Wildman–Crippen MR) is 161 cm³/mol. The summed E-state index contributed by atoms with van der Waals surface area (Å²) in [6.45, 7) is 13.3. The van der Waals surface area contributed by atoms with Crippen molar-refractivity contribution >= 4 is 17.7 Å². The van der Waals surface area contributed by atoms with Gasteiger partial charge in [0, 0.05) is 41.6 Å². The van der Waals surface area contributed by atoms with Gasteiger partial charge >= 0.3 is 11.9 Å². The van der Waals surface area contributed by atoms with Crippen LogP contribution >= 0.6 is 0 Å². The van der Waals surface area contributed by atoms with Crippen molar-refractivity contribution in [1.82, 2.24) is 0 Å². The minimum atomic E-state index is -1.83. The molecule has 0 bridgehead atoms. The lowest BCUT2D eigenvalue weighted by Crippen LogP contribution is -2.61. The molecule has 0 spiro atoms. The van der Waals surface area contributed by atoms with Crippen molar-refractivity contribution in [3.8, 4) is 0 Å². The number of unbranched alkanes of at least 4 members (excludes halogenated alkanes) is 6. The number of fused-ring (bicyclic) bond motifs is 5. The van der Waals surface area contributed by atoms with Gasteiger partial charge in [0.2, 0.25) is 0 Å². The lowest BCUT2D eigenvalue weighted by atomic mass is 9.60. The van der Waals surface area contributed by atoms with Gasteiger partial charge in [0.05, 0.1) is 5.60 Å². The number of aliphatic hydroxyl groups is 2. The lowest BCUT2D eigenvalue weighted by molar-refractivity contribution is -0.187. The molecule has 0 radical (unpaired) electrons. The van der Waals surface area contributed by atoms with Gasteiger partial charge in [-0.2, -0.15) is 0 Å². The fourth-order valence-corrected chi connectivity index (χ4v) is 8.46. The van der Waals surface area contributed by atoms with Crippen LogP contribution < -0.4 is 0 Å². The molecule has 4 rings (SSSR count). The molecule has 2 fully saturated rings. The summed E-state index contributed by atoms with van der Waals surface area (Å²) < 4.78 is 11.9. The van der Waals surface area contributed by atoms with Crippen molar-refractivity contribution in [1.29, 1.82) is 0 Å². The van der Waals surface area contributed by atoms with Crippen LogP contribution in [0.5, 0.6) is 0 Å². The zero-order chi connectivity index (χ0) is 31.1. The van der Waals surface area contributed by atoms with E-state index in [1.807, 2.05) is 13.0 Å². The standard InChI is InChI=1S/C35H52O7/c1-8-10-11-12-13-14-15-16-28(36)42-34-19-24(5)35(40)26(29(34)32(34,6)7)18-25(21-41-31(38)22(3)9-2)20-33(39)27(35)17-23(4)30(33)37/h9,17-18,24,26-27,29,39-40H,8,10-16,19-21H2,1-7H3/b22-9-/t24-,26+,27-,29-,33-,34+,35-/m1/s1. The van der Waals surface area contributed by atoms with Crippen molar-refractivity contribution in [3.05, 3.63) is 34.9 Å². The van der Waals surface area contributed by atoms with Crippen LogP contribution in [0.1, 0.15) is 113 Å². The SMILES string of the molecule is C/C=C(/C)C(=O)OCC1=C[C@H]2[C@@H]3C(C)(C)[C@]3(OC(=O)CCCCCCCCC)C[C@@H](C)[C@]2(O)[C@@H]2C=C(C)C(=O)[C@@]2(O)C1. The van der Waals surface area contributed by atoms with Gasteiger partial charge in [-0.25, -0.2) is 4.79 Å². The highest BCUT2D eigenvalue weighted by Crippen LogP contribution is 2.76. The Bertz CT molecular complexity index is 1180. The van der Waals surface area contributed by atoms with E-state index in [-0.39, 0.29) is 30.8 Å². The molecule has 42 heavy (non-hydrogen) atoms. The van der Waals surface area contributed by atoms with E-state index in [9.17, 15) is 24.6 Å². The zero-order valence-corrected chi connectivity index (χ0v) is 26.8. The van der Waals surface area contributed by atoms with E-state index in [0.717, 1.165) is 19.3 Å². The molecule has 2 N–H and O–H groups in total. The summed E-state index contributed by atoms with van der Waals surface area (Å²) in [5.41, 5.74) is -2.95. The quantitative estimate of drug-likeness (QED) is 0.122. The molecule has 0 aromatic carbocycles. The second-order valence-corrected chi connectivity index (χ2v) is 14.1. The number of rotatable bonds is 12. The molecule has 4 aliphatic rings. The average molecular weight is 585 g/mol. The number of Topliss-reactive ketones (excluding diaryl/α,β-unsaturated/α-hetero) is 1. The van der Waals surface area contributed by atoms with Gasteiger partial charge in [-0.1, -0.05) is 84.4 Å². The second-order valence-electron chi connectivity index (χ2n) is 14.1. The van der Waals surface area contributed by atoms with Crippen molar-refractivity contribution in [2.24, 2.45) is 29.1 Å². The van der Waals surface area contributed by atoms with Crippen molar-refractivity contribution in [2.75, 3.05) is 6.61 Å². The van der Waals surface area contributed by atoms with E-state index >= 15 is 0 Å². The molecular weight excluding hydrogens is 532 g/mol. The van der Waals surface area contributed by atoms with Gasteiger partial charge in [0.1, 0.15) is 17.8 Å². The number of esters is 2. The molecule has 0 amide bonds. The summed E-state index contributed by atoms with van der Waals surface area (Å²) in [7, 11) is 0. The first-order valence-corrected chi connectivity index (χ1v) is 16.1. The van der Waals surface area contributed by atoms with Crippen LogP contribution in [0.25, 0.3) is 0 Å². The second kappa shape index (κ2) is 12.0. The molecule has 234 valence electrons. The monoisotopic (exact) mass is 584 g/mol. The summed E-state index contributed by atoms with van der Waals surface area (Å²) >= 11 is 0. The Hall–Kier alpha value is -2.25. The van der Waals surface area contributed by atoms with E-state index in [0.29, 0.717) is 29.6 Å². The number of hydrogen-bond donors (Lipinski definition) is 2. The van der Waals surface area contributed by atoms with Crippen LogP contribution in [0, 0.1) is 29.1 Å². The van der Waals surface area contributed by atoms with Gasteiger partial charge in [-0.3, -0.25) is 9.59 Å². The molecule has 0 aromatic rings. The Balaban J connectivity index is 1.60. The predicted octanol–water partition coefficient (Wildman–Crippen LogP) is 6.17. The minimum Gasteiger partial charge on any atom is -0.458 e. The first-order chi connectivity index (χ1) is 19.7. The maximum absolute atomic E-state index is 13.4. The topological polar surface area (TPSA) is 110 Å². The molecule has 4 aliphatic carbocycles. The number of carbonyl (C=O) groups is 3. The zero-order valence-electron chi connectivity index (χ0n) is 26.8. The molecule has 0 aromatic heterocycles. The van der Waals surface area contributed by atoms with Crippen LogP contribution in [0.4, 0.5) is 0 Å². The molecular formula is C35H52O7. The minimum absolute atomic E-state index is 0.0315. The van der Waals surface area contributed by atoms with E-state index in [1.165, 1.54) is 25.7 Å². The Morgan fingerprint density at radius 2 is 1.71 bits per heavy atom. The maximum Gasteiger partial charge on any atom is 0.333 e. The highest BCUT2D eigenvalue weighted by molar-refractivity contribution is 6.04. The summed E-state index contributed by atoms with van der Waals surface area (Å²) in [6.07, 6.45) is 13.9. The van der Waals surface area contributed by atoms with E-state index in [2.05, 4.69) is 20.8 Å². The Morgan fingerprint density at radius 3 is 2.36 bits per heavy atom. The summed E-state index contributed by atoms with van der Waals surface area (Å²) in [6, 6.07) is 0. The van der Waals surface area contributed by atoms with Crippen LogP contribution in [-0.2, 0) is 23.9 Å². The molecule has 7 heteroatoms. The number of hydrogen-bond acceptors (Lipinski definition) is 7. The molecule has 2 saturated carbocycles. The smallest absolute Gasteiger partial charge is 0.333 e. The largest absolute Gasteiger partial charge is 0.458 e. The van der Waals surface area contributed by atoms with Gasteiger partial charge in [-0.05, 0) is 50.7 Å². The Morgan fingerprint density at radius 1 is 1.07 bits per heavy atom. The van der Waals surface area contributed by atoms with Gasteiger partial charge in [0.25, 0.3) is 0 Å². The molecule has 0 saturated heterocycles. The van der Waals surface area contributed by atoms with Crippen molar-refractivity contribution in [2.45, 2.75) is 129 Å². The number of ether oxygens (including phenoxy) is 2. The van der Waals surface area contributed by atoms with Crippen molar-refractivity contribution in [3.63, 3.8) is 0 Å². The highest BCUT2D eigenvalue weighted by Gasteiger charge is 2.83. The number of carbonyl (C=O) groups excluding carboxylic acids is 3. The third-order valence-electron chi connectivity index (χ3n) is 11.1. The fraction of sp³-hybridized carbons (Fsp3) is 0.743. The summed E-state index contributed by atoms with van der Waals surface area (Å²) in [5.74, 6) is -2.98. The first-order valence-electron chi connectivity index (χ1n) is 16.1. The molecule has 0 aliphatic heterocycles. The van der Waals surface area contributed by atoms with Crippen LogP contribution in [-0.4, -0.2) is 51.3 Å². The normalized spacial score (nSPS) is 36.6. The molecule has 7 nitrogen and oxygen atoms in total.